The predicted octanol–water partition coefficient (Wildman–Crippen LogP) is 3.50. The van der Waals surface area contributed by atoms with Gasteiger partial charge in [-0.25, -0.2) is 9.18 Å². The van der Waals surface area contributed by atoms with Crippen molar-refractivity contribution in [3.8, 4) is 17.1 Å². The average Bonchev–Trinajstić information content (AvgIpc) is 3.39. The maximum absolute atomic E-state index is 13.7. The van der Waals surface area contributed by atoms with E-state index in [0.717, 1.165) is 25.6 Å². The molecular formula is C21H26FN3O4. The molecule has 7 nitrogen and oxygen atoms in total. The first kappa shape index (κ1) is 19.7. The molecule has 0 amide bonds. The summed E-state index contributed by atoms with van der Waals surface area (Å²) in [7, 11) is 1.36. The van der Waals surface area contributed by atoms with Gasteiger partial charge >= 0.3 is 5.97 Å². The van der Waals surface area contributed by atoms with Crippen molar-refractivity contribution in [2.24, 2.45) is 5.92 Å². The van der Waals surface area contributed by atoms with E-state index in [1.54, 1.807) is 0 Å². The van der Waals surface area contributed by atoms with Crippen LogP contribution in [-0.2, 0) is 0 Å². The van der Waals surface area contributed by atoms with E-state index in [0.29, 0.717) is 24.5 Å². The van der Waals surface area contributed by atoms with Gasteiger partial charge in [0.05, 0.1) is 7.11 Å². The monoisotopic (exact) mass is 403 g/mol. The fourth-order valence-electron chi connectivity index (χ4n) is 4.39. The van der Waals surface area contributed by atoms with Crippen molar-refractivity contribution in [2.45, 2.75) is 25.7 Å². The molecule has 8 heteroatoms. The smallest absolute Gasteiger partial charge is 0.343 e. The molecule has 0 unspecified atom stereocenters. The van der Waals surface area contributed by atoms with Crippen LogP contribution in [0.2, 0.25) is 0 Å². The third kappa shape index (κ3) is 4.07. The highest BCUT2D eigenvalue weighted by Gasteiger charge is 2.30. The summed E-state index contributed by atoms with van der Waals surface area (Å²) in [6.45, 7) is 4.28. The van der Waals surface area contributed by atoms with E-state index in [9.17, 15) is 14.3 Å². The number of hydrogen-bond donors (Lipinski definition) is 1. The van der Waals surface area contributed by atoms with Crippen molar-refractivity contribution in [1.29, 1.82) is 0 Å². The number of aromatic carboxylic acids is 1. The summed E-state index contributed by atoms with van der Waals surface area (Å²) >= 11 is 0. The molecule has 1 aliphatic carbocycles. The van der Waals surface area contributed by atoms with Crippen molar-refractivity contribution >= 4 is 11.8 Å². The zero-order valence-corrected chi connectivity index (χ0v) is 16.6. The first-order valence-corrected chi connectivity index (χ1v) is 10.1. The highest BCUT2D eigenvalue weighted by Crippen LogP contribution is 2.34. The number of methoxy groups -OCH3 is 1. The molecule has 29 heavy (non-hydrogen) atoms. The second kappa shape index (κ2) is 8.41. The molecule has 4 rings (SSSR count). The number of ether oxygens (including phenoxy) is 1. The number of carboxylic acid groups (broad SMARTS) is 1. The Hall–Kier alpha value is -2.61. The van der Waals surface area contributed by atoms with E-state index >= 15 is 0 Å². The molecule has 156 valence electrons. The summed E-state index contributed by atoms with van der Waals surface area (Å²) in [5.74, 6) is -0.379. The topological polar surface area (TPSA) is 79.0 Å². The zero-order valence-electron chi connectivity index (χ0n) is 16.6. The second-order valence-corrected chi connectivity index (χ2v) is 7.80. The van der Waals surface area contributed by atoms with Gasteiger partial charge in [-0.3, -0.25) is 4.90 Å². The third-order valence-corrected chi connectivity index (χ3v) is 5.96. The molecule has 2 fully saturated rings. The minimum Gasteiger partial charge on any atom is -0.494 e. The molecule has 1 saturated carbocycles. The maximum atomic E-state index is 13.7. The van der Waals surface area contributed by atoms with E-state index in [4.69, 9.17) is 9.26 Å². The minimum absolute atomic E-state index is 0.00269. The summed E-state index contributed by atoms with van der Waals surface area (Å²) in [4.78, 5) is 16.4. The van der Waals surface area contributed by atoms with Crippen molar-refractivity contribution in [1.82, 2.24) is 10.1 Å². The fourth-order valence-corrected chi connectivity index (χ4v) is 4.39. The van der Waals surface area contributed by atoms with Gasteiger partial charge in [-0.1, -0.05) is 18.0 Å². The summed E-state index contributed by atoms with van der Waals surface area (Å²) in [6.07, 6.45) is 5.30. The van der Waals surface area contributed by atoms with Crippen LogP contribution in [0.15, 0.2) is 22.7 Å². The van der Waals surface area contributed by atoms with Crippen LogP contribution in [0.3, 0.4) is 0 Å². The predicted molar refractivity (Wildman–Crippen MR) is 106 cm³/mol. The normalized spacial score (nSPS) is 18.3. The van der Waals surface area contributed by atoms with Crippen molar-refractivity contribution < 1.29 is 23.6 Å². The molecule has 1 aliphatic heterocycles. The minimum atomic E-state index is -1.12. The maximum Gasteiger partial charge on any atom is 0.343 e. The second-order valence-electron chi connectivity index (χ2n) is 7.80. The largest absolute Gasteiger partial charge is 0.494 e. The zero-order chi connectivity index (χ0) is 20.4. The van der Waals surface area contributed by atoms with Crippen molar-refractivity contribution in [2.75, 3.05) is 44.7 Å². The third-order valence-electron chi connectivity index (χ3n) is 5.96. The Bertz CT molecular complexity index is 871. The van der Waals surface area contributed by atoms with E-state index < -0.39 is 11.8 Å². The lowest BCUT2D eigenvalue weighted by Crippen LogP contribution is -2.48. The highest BCUT2D eigenvalue weighted by atomic mass is 19.1. The number of piperazine rings is 1. The van der Waals surface area contributed by atoms with E-state index in [1.165, 1.54) is 51.0 Å². The number of hydrogen-bond acceptors (Lipinski definition) is 6. The summed E-state index contributed by atoms with van der Waals surface area (Å²) in [6, 6.07) is 4.11. The molecule has 0 radical (unpaired) electrons. The Morgan fingerprint density at radius 1 is 1.28 bits per heavy atom. The molecule has 1 aromatic carbocycles. The molecule has 1 N–H and O–H groups in total. The average molecular weight is 403 g/mol. The lowest BCUT2D eigenvalue weighted by Gasteiger charge is -2.36. The number of benzene rings is 1. The number of nitrogens with zero attached hydrogens (tertiary/aromatic N) is 3. The first-order chi connectivity index (χ1) is 14.1. The lowest BCUT2D eigenvalue weighted by molar-refractivity contribution is 0.0697. The Labute approximate surface area is 169 Å². The summed E-state index contributed by atoms with van der Waals surface area (Å²) in [5.41, 5.74) is 0.419. The van der Waals surface area contributed by atoms with E-state index in [-0.39, 0.29) is 17.1 Å². The van der Waals surface area contributed by atoms with Gasteiger partial charge in [-0.05, 0) is 37.0 Å². The summed E-state index contributed by atoms with van der Waals surface area (Å²) < 4.78 is 24.1. The molecule has 2 heterocycles. The first-order valence-electron chi connectivity index (χ1n) is 10.1. The molecule has 2 aliphatic rings. The van der Waals surface area contributed by atoms with Gasteiger partial charge in [-0.15, -0.1) is 0 Å². The van der Waals surface area contributed by atoms with Crippen LogP contribution in [0.1, 0.15) is 36.0 Å². The lowest BCUT2D eigenvalue weighted by atomic mass is 10.1. The quantitative estimate of drug-likeness (QED) is 0.791. The van der Waals surface area contributed by atoms with Crippen LogP contribution >= 0.6 is 0 Å². The van der Waals surface area contributed by atoms with Gasteiger partial charge in [0.25, 0.3) is 0 Å². The molecular weight excluding hydrogens is 377 g/mol. The number of carboxylic acids is 1. The molecule has 0 spiro atoms. The number of carbonyl (C=O) groups is 1. The number of anilines is 1. The van der Waals surface area contributed by atoms with Crippen LogP contribution in [0.4, 0.5) is 10.2 Å². The molecule has 0 bridgehead atoms. The Kier molecular flexibility index (Phi) is 5.71. The van der Waals surface area contributed by atoms with Gasteiger partial charge in [0.2, 0.25) is 0 Å². The van der Waals surface area contributed by atoms with Crippen LogP contribution in [0, 0.1) is 11.7 Å². The SMILES string of the molecule is COc1cc(-c2onc(N3CCN(CC4CCCC4)CC3)c2C(=O)O)ccc1F. The Morgan fingerprint density at radius 2 is 2.00 bits per heavy atom. The van der Waals surface area contributed by atoms with Crippen LogP contribution < -0.4 is 9.64 Å². The number of halogens is 1. The van der Waals surface area contributed by atoms with Crippen LogP contribution in [-0.4, -0.2) is 61.0 Å². The molecule has 1 aromatic heterocycles. The van der Waals surface area contributed by atoms with Crippen LogP contribution in [0.25, 0.3) is 11.3 Å². The van der Waals surface area contributed by atoms with Crippen LogP contribution in [0.5, 0.6) is 5.75 Å². The number of aromatic nitrogens is 1. The standard InChI is InChI=1S/C21H26FN3O4/c1-28-17-12-15(6-7-16(17)22)19-18(21(26)27)20(23-29-19)25-10-8-24(9-11-25)13-14-4-2-3-5-14/h6-7,12,14H,2-5,8-11,13H2,1H3,(H,26,27). The summed E-state index contributed by atoms with van der Waals surface area (Å²) in [5, 5.41) is 13.9. The molecule has 2 aromatic rings. The van der Waals surface area contributed by atoms with Crippen molar-refractivity contribution in [3.63, 3.8) is 0 Å². The van der Waals surface area contributed by atoms with Crippen molar-refractivity contribution in [3.05, 3.63) is 29.6 Å². The fraction of sp³-hybridized carbons (Fsp3) is 0.524. The van der Waals surface area contributed by atoms with Gasteiger partial charge < -0.3 is 19.3 Å². The number of rotatable bonds is 6. The van der Waals surface area contributed by atoms with Gasteiger partial charge in [0.15, 0.2) is 28.7 Å². The van der Waals surface area contributed by atoms with Gasteiger partial charge in [0, 0.05) is 38.3 Å². The molecule has 0 atom stereocenters. The molecule has 1 saturated heterocycles. The van der Waals surface area contributed by atoms with Gasteiger partial charge in [-0.2, -0.15) is 0 Å². The Balaban J connectivity index is 1.52. The van der Waals surface area contributed by atoms with E-state index in [1.807, 2.05) is 4.90 Å². The highest BCUT2D eigenvalue weighted by molar-refractivity contribution is 5.99. The Morgan fingerprint density at radius 3 is 2.66 bits per heavy atom. The van der Waals surface area contributed by atoms with Gasteiger partial charge in [0.1, 0.15) is 0 Å². The van der Waals surface area contributed by atoms with E-state index in [2.05, 4.69) is 10.1 Å².